The van der Waals surface area contributed by atoms with E-state index in [9.17, 15) is 9.65 Å². The summed E-state index contributed by atoms with van der Waals surface area (Å²) in [6.07, 6.45) is -1.79. The summed E-state index contributed by atoms with van der Waals surface area (Å²) in [5.41, 5.74) is 1.02. The van der Waals surface area contributed by atoms with E-state index in [1.165, 1.54) is 35.2 Å². The molecule has 1 fully saturated rings. The molecule has 1 N–H and O–H groups in total. The number of nitriles is 1. The standard InChI is InChI=1S/C24H23F2N7S/c1-3-18-23(20-12-19(17(26)14-33(20)30-18)32-10-8-28-9-11-32)31(2)24-29-22(21(13-27)34-24)15-4-6-16(25)7-5-15/h4-7,12,14,28H,3,8-11H2,1-2H3/i1D3,3D2. The second-order valence-electron chi connectivity index (χ2n) is 7.75. The lowest BCUT2D eigenvalue weighted by atomic mass is 10.1. The largest absolute Gasteiger partial charge is 0.367 e. The summed E-state index contributed by atoms with van der Waals surface area (Å²) < 4.78 is 70.3. The third-order valence-electron chi connectivity index (χ3n) is 5.71. The van der Waals surface area contributed by atoms with Crippen LogP contribution >= 0.6 is 11.3 Å². The van der Waals surface area contributed by atoms with Crippen LogP contribution in [0.25, 0.3) is 16.8 Å². The molecular weight excluding hydrogens is 456 g/mol. The molecule has 0 saturated carbocycles. The van der Waals surface area contributed by atoms with Crippen molar-refractivity contribution in [2.45, 2.75) is 13.2 Å². The molecule has 3 aromatic heterocycles. The summed E-state index contributed by atoms with van der Waals surface area (Å²) in [4.78, 5) is 8.10. The van der Waals surface area contributed by atoms with Crippen LogP contribution in [0, 0.1) is 23.0 Å². The van der Waals surface area contributed by atoms with Crippen LogP contribution in [0.2, 0.25) is 0 Å². The number of anilines is 3. The van der Waals surface area contributed by atoms with Crippen LogP contribution in [0.5, 0.6) is 0 Å². The highest BCUT2D eigenvalue weighted by Gasteiger charge is 2.24. The van der Waals surface area contributed by atoms with Crippen molar-refractivity contribution in [2.75, 3.05) is 43.0 Å². The molecule has 1 aromatic carbocycles. The first-order valence-corrected chi connectivity index (χ1v) is 11.3. The molecule has 5 rings (SSSR count). The quantitative estimate of drug-likeness (QED) is 0.454. The lowest BCUT2D eigenvalue weighted by molar-refractivity contribution is 0.562. The van der Waals surface area contributed by atoms with Gasteiger partial charge in [0.1, 0.15) is 22.5 Å². The number of nitrogens with one attached hydrogen (secondary N) is 1. The fraction of sp³-hybridized carbons (Fsp3) is 0.292. The maximum Gasteiger partial charge on any atom is 0.191 e. The molecule has 0 bridgehead atoms. The summed E-state index contributed by atoms with van der Waals surface area (Å²) in [5, 5.41) is 17.4. The molecule has 4 heterocycles. The molecule has 0 spiro atoms. The Morgan fingerprint density at radius 2 is 2.06 bits per heavy atom. The molecule has 174 valence electrons. The van der Waals surface area contributed by atoms with Crippen LogP contribution in [0.15, 0.2) is 36.5 Å². The average molecular weight is 485 g/mol. The number of fused-ring (bicyclic) bond motifs is 1. The molecule has 4 aromatic rings. The fourth-order valence-electron chi connectivity index (χ4n) is 4.03. The average Bonchev–Trinajstić information content (AvgIpc) is 3.50. The number of thiazole rings is 1. The Hall–Kier alpha value is -3.55. The van der Waals surface area contributed by atoms with Crippen molar-refractivity contribution in [1.29, 1.82) is 5.26 Å². The number of benzene rings is 1. The highest BCUT2D eigenvalue weighted by Crippen LogP contribution is 2.39. The summed E-state index contributed by atoms with van der Waals surface area (Å²) in [6.45, 7) is -0.666. The molecule has 0 atom stereocenters. The molecular formula is C24H23F2N7S. The number of aromatic nitrogens is 3. The van der Waals surface area contributed by atoms with Crippen molar-refractivity contribution >= 4 is 33.4 Å². The third-order valence-corrected chi connectivity index (χ3v) is 6.75. The van der Waals surface area contributed by atoms with Gasteiger partial charge in [-0.3, -0.25) is 0 Å². The number of pyridine rings is 1. The predicted molar refractivity (Wildman–Crippen MR) is 130 cm³/mol. The second-order valence-corrected chi connectivity index (χ2v) is 8.73. The minimum atomic E-state index is -3.08. The van der Waals surface area contributed by atoms with E-state index in [-0.39, 0.29) is 26.9 Å². The van der Waals surface area contributed by atoms with E-state index in [0.29, 0.717) is 37.4 Å². The molecule has 1 saturated heterocycles. The van der Waals surface area contributed by atoms with Gasteiger partial charge < -0.3 is 15.1 Å². The Bertz CT molecular complexity index is 1570. The van der Waals surface area contributed by atoms with E-state index in [2.05, 4.69) is 21.5 Å². The molecule has 10 heteroatoms. The van der Waals surface area contributed by atoms with Gasteiger partial charge >= 0.3 is 0 Å². The first kappa shape index (κ1) is 17.0. The maximum absolute atomic E-state index is 15.2. The van der Waals surface area contributed by atoms with E-state index in [4.69, 9.17) is 6.85 Å². The highest BCUT2D eigenvalue weighted by atomic mass is 32.1. The Kier molecular flexibility index (Phi) is 4.49. The first-order valence-electron chi connectivity index (χ1n) is 13.0. The van der Waals surface area contributed by atoms with Gasteiger partial charge in [-0.25, -0.2) is 18.3 Å². The summed E-state index contributed by atoms with van der Waals surface area (Å²) in [6, 6.07) is 9.09. The Labute approximate surface area is 206 Å². The lowest BCUT2D eigenvalue weighted by Crippen LogP contribution is -2.43. The van der Waals surface area contributed by atoms with Crippen molar-refractivity contribution in [3.05, 3.63) is 58.7 Å². The van der Waals surface area contributed by atoms with Crippen LogP contribution in [0.1, 0.15) is 24.3 Å². The van der Waals surface area contributed by atoms with E-state index in [1.54, 1.807) is 7.05 Å². The van der Waals surface area contributed by atoms with Crippen molar-refractivity contribution in [2.24, 2.45) is 0 Å². The molecule has 0 radical (unpaired) electrons. The zero-order valence-corrected chi connectivity index (χ0v) is 19.0. The van der Waals surface area contributed by atoms with Gasteiger partial charge in [0.15, 0.2) is 10.9 Å². The molecule has 0 unspecified atom stereocenters. The van der Waals surface area contributed by atoms with Gasteiger partial charge in [-0.15, -0.1) is 0 Å². The minimum Gasteiger partial charge on any atom is -0.367 e. The molecule has 0 amide bonds. The topological polar surface area (TPSA) is 72.5 Å². The highest BCUT2D eigenvalue weighted by molar-refractivity contribution is 7.16. The van der Waals surface area contributed by atoms with Gasteiger partial charge in [0.25, 0.3) is 0 Å². The summed E-state index contributed by atoms with van der Waals surface area (Å²) >= 11 is 1.00. The van der Waals surface area contributed by atoms with Gasteiger partial charge in [-0.2, -0.15) is 10.4 Å². The van der Waals surface area contributed by atoms with Crippen molar-refractivity contribution in [3.63, 3.8) is 0 Å². The zero-order valence-electron chi connectivity index (χ0n) is 23.1. The lowest BCUT2D eigenvalue weighted by Gasteiger charge is -2.29. The Balaban J connectivity index is 1.71. The molecule has 0 aliphatic carbocycles. The van der Waals surface area contributed by atoms with Crippen LogP contribution in [0.4, 0.5) is 25.3 Å². The summed E-state index contributed by atoms with van der Waals surface area (Å²) in [7, 11) is 1.55. The number of halogens is 2. The smallest absolute Gasteiger partial charge is 0.191 e. The van der Waals surface area contributed by atoms with Crippen LogP contribution in [-0.4, -0.2) is 47.8 Å². The summed E-state index contributed by atoms with van der Waals surface area (Å²) in [5.74, 6) is -1.03. The second kappa shape index (κ2) is 9.00. The van der Waals surface area contributed by atoms with Crippen LogP contribution in [-0.2, 0) is 6.37 Å². The van der Waals surface area contributed by atoms with Gasteiger partial charge in [0.2, 0.25) is 0 Å². The normalized spacial score (nSPS) is 16.9. The number of piperazine rings is 1. The monoisotopic (exact) mass is 484 g/mol. The van der Waals surface area contributed by atoms with Gasteiger partial charge in [0.05, 0.1) is 28.8 Å². The SMILES string of the molecule is [2H]C([2H])([2H])C([2H])([2H])c1nn2cc(F)c(N3CCNCC3)cc2c1N(C)c1nc(-c2ccc(F)cc2)c(C#N)s1. The van der Waals surface area contributed by atoms with Crippen molar-refractivity contribution in [1.82, 2.24) is 19.9 Å². The van der Waals surface area contributed by atoms with Gasteiger partial charge in [0, 0.05) is 45.6 Å². The zero-order chi connectivity index (χ0) is 28.1. The fourth-order valence-corrected chi connectivity index (χ4v) is 4.89. The number of hydrogen-bond acceptors (Lipinski definition) is 7. The van der Waals surface area contributed by atoms with Gasteiger partial charge in [-0.05, 0) is 36.7 Å². The maximum atomic E-state index is 15.2. The predicted octanol–water partition coefficient (Wildman–Crippen LogP) is 4.35. The van der Waals surface area contributed by atoms with Crippen LogP contribution < -0.4 is 15.1 Å². The number of rotatable bonds is 5. The Morgan fingerprint density at radius 3 is 2.76 bits per heavy atom. The third kappa shape index (κ3) is 3.87. The van der Waals surface area contributed by atoms with E-state index in [1.807, 2.05) is 4.90 Å². The van der Waals surface area contributed by atoms with Gasteiger partial charge in [-0.1, -0.05) is 18.2 Å². The first-order chi connectivity index (χ1) is 18.4. The minimum absolute atomic E-state index is 0.0800. The number of aryl methyl sites for hydroxylation is 1. The van der Waals surface area contributed by atoms with E-state index < -0.39 is 30.6 Å². The number of nitrogens with zero attached hydrogens (tertiary/aromatic N) is 6. The Morgan fingerprint density at radius 1 is 1.29 bits per heavy atom. The molecule has 1 aliphatic heterocycles. The van der Waals surface area contributed by atoms with Crippen LogP contribution in [0.3, 0.4) is 0 Å². The van der Waals surface area contributed by atoms with Crippen molar-refractivity contribution < 1.29 is 15.6 Å². The van der Waals surface area contributed by atoms with E-state index in [0.717, 1.165) is 22.0 Å². The number of hydrogen-bond donors (Lipinski definition) is 1. The van der Waals surface area contributed by atoms with E-state index >= 15 is 4.39 Å². The molecule has 1 aliphatic rings. The van der Waals surface area contributed by atoms with Crippen molar-refractivity contribution in [3.8, 4) is 17.3 Å². The molecule has 34 heavy (non-hydrogen) atoms. The molecule has 7 nitrogen and oxygen atoms in total.